The van der Waals surface area contributed by atoms with Crippen LogP contribution in [0.4, 0.5) is 18.9 Å². The predicted octanol–water partition coefficient (Wildman–Crippen LogP) is 1.38. The Labute approximate surface area is 78.1 Å². The standard InChI is InChI=1S/C8H9F3N2O/c9-4-2-1-3(5(12)8(10)11)7(14)6(4)13/h1-2,5,8,14H,12-13H2/t5-/m1/s1. The number of rotatable bonds is 2. The molecule has 1 rings (SSSR count). The maximum Gasteiger partial charge on any atom is 0.257 e. The summed E-state index contributed by atoms with van der Waals surface area (Å²) in [5.74, 6) is -1.59. The van der Waals surface area contributed by atoms with E-state index in [1.807, 2.05) is 0 Å². The maximum atomic E-state index is 12.7. The molecule has 1 aromatic carbocycles. The van der Waals surface area contributed by atoms with Gasteiger partial charge in [-0.2, -0.15) is 0 Å². The van der Waals surface area contributed by atoms with Gasteiger partial charge in [0.2, 0.25) is 0 Å². The normalized spacial score (nSPS) is 13.2. The molecule has 0 aliphatic heterocycles. The Morgan fingerprint density at radius 3 is 2.36 bits per heavy atom. The number of nitrogens with two attached hydrogens (primary N) is 2. The molecule has 1 atom stereocenters. The molecule has 0 saturated heterocycles. The van der Waals surface area contributed by atoms with Gasteiger partial charge >= 0.3 is 0 Å². The summed E-state index contributed by atoms with van der Waals surface area (Å²) in [5.41, 5.74) is 9.33. The van der Waals surface area contributed by atoms with Crippen LogP contribution in [0.15, 0.2) is 12.1 Å². The fourth-order valence-electron chi connectivity index (χ4n) is 1.00. The molecule has 0 heterocycles. The zero-order valence-electron chi connectivity index (χ0n) is 7.05. The number of benzene rings is 1. The fourth-order valence-corrected chi connectivity index (χ4v) is 1.00. The first-order valence-electron chi connectivity index (χ1n) is 3.75. The van der Waals surface area contributed by atoms with E-state index in [9.17, 15) is 18.3 Å². The lowest BCUT2D eigenvalue weighted by atomic mass is 10.1. The summed E-state index contributed by atoms with van der Waals surface area (Å²) in [4.78, 5) is 0. The quantitative estimate of drug-likeness (QED) is 0.505. The number of hydrogen-bond donors (Lipinski definition) is 3. The molecule has 0 radical (unpaired) electrons. The molecule has 0 aliphatic carbocycles. The monoisotopic (exact) mass is 206 g/mol. The van der Waals surface area contributed by atoms with Crippen LogP contribution in [0.25, 0.3) is 0 Å². The molecule has 0 fully saturated rings. The number of aromatic hydroxyl groups is 1. The van der Waals surface area contributed by atoms with Crippen LogP contribution in [-0.2, 0) is 0 Å². The van der Waals surface area contributed by atoms with Crippen molar-refractivity contribution in [1.82, 2.24) is 0 Å². The van der Waals surface area contributed by atoms with Gasteiger partial charge in [0.15, 0.2) is 0 Å². The third kappa shape index (κ3) is 1.74. The Bertz CT molecular complexity index is 344. The Hall–Kier alpha value is -1.43. The predicted molar refractivity (Wildman–Crippen MR) is 45.4 cm³/mol. The number of halogens is 3. The van der Waals surface area contributed by atoms with E-state index in [-0.39, 0.29) is 5.56 Å². The minimum atomic E-state index is -2.84. The number of phenolic OH excluding ortho intramolecular Hbond substituents is 1. The van der Waals surface area contributed by atoms with Crippen LogP contribution in [0, 0.1) is 5.82 Å². The smallest absolute Gasteiger partial charge is 0.257 e. The Morgan fingerprint density at radius 2 is 1.86 bits per heavy atom. The molecular weight excluding hydrogens is 197 g/mol. The molecule has 0 spiro atoms. The molecule has 0 amide bonds. The molecule has 0 unspecified atom stereocenters. The van der Waals surface area contributed by atoms with Crippen LogP contribution in [0.2, 0.25) is 0 Å². The first-order valence-corrected chi connectivity index (χ1v) is 3.75. The largest absolute Gasteiger partial charge is 0.505 e. The van der Waals surface area contributed by atoms with Crippen molar-refractivity contribution in [2.24, 2.45) is 5.73 Å². The van der Waals surface area contributed by atoms with Crippen molar-refractivity contribution in [2.45, 2.75) is 12.5 Å². The second-order valence-corrected chi connectivity index (χ2v) is 2.76. The molecule has 3 nitrogen and oxygen atoms in total. The van der Waals surface area contributed by atoms with Crippen molar-refractivity contribution in [3.05, 3.63) is 23.5 Å². The van der Waals surface area contributed by atoms with Gasteiger partial charge in [-0.25, -0.2) is 13.2 Å². The SMILES string of the molecule is Nc1c(F)ccc([C@@H](N)C(F)F)c1O. The van der Waals surface area contributed by atoms with E-state index < -0.39 is 29.7 Å². The van der Waals surface area contributed by atoms with Crippen LogP contribution in [0.1, 0.15) is 11.6 Å². The highest BCUT2D eigenvalue weighted by atomic mass is 19.3. The highest BCUT2D eigenvalue weighted by Gasteiger charge is 2.22. The Morgan fingerprint density at radius 1 is 1.29 bits per heavy atom. The lowest BCUT2D eigenvalue weighted by Crippen LogP contribution is -2.19. The zero-order valence-corrected chi connectivity index (χ0v) is 7.05. The highest BCUT2D eigenvalue weighted by Crippen LogP contribution is 2.33. The summed E-state index contributed by atoms with van der Waals surface area (Å²) in [6.07, 6.45) is -2.84. The Kier molecular flexibility index (Phi) is 2.85. The summed E-state index contributed by atoms with van der Waals surface area (Å²) in [5, 5.41) is 9.22. The molecule has 78 valence electrons. The molecule has 0 aromatic heterocycles. The van der Waals surface area contributed by atoms with Crippen molar-refractivity contribution >= 4 is 5.69 Å². The number of anilines is 1. The fraction of sp³-hybridized carbons (Fsp3) is 0.250. The van der Waals surface area contributed by atoms with Crippen LogP contribution in [0.5, 0.6) is 5.75 Å². The molecular formula is C8H9F3N2O. The van der Waals surface area contributed by atoms with Crippen molar-refractivity contribution in [1.29, 1.82) is 0 Å². The summed E-state index contributed by atoms with van der Waals surface area (Å²) in [7, 11) is 0. The first kappa shape index (κ1) is 10.6. The third-order valence-electron chi connectivity index (χ3n) is 1.83. The highest BCUT2D eigenvalue weighted by molar-refractivity contribution is 5.57. The van der Waals surface area contributed by atoms with Gasteiger partial charge in [0.25, 0.3) is 6.43 Å². The second-order valence-electron chi connectivity index (χ2n) is 2.76. The number of phenols is 1. The zero-order chi connectivity index (χ0) is 10.9. The molecule has 1 aromatic rings. The van der Waals surface area contributed by atoms with E-state index >= 15 is 0 Å². The first-order chi connectivity index (χ1) is 6.45. The molecule has 5 N–H and O–H groups in total. The summed E-state index contributed by atoms with van der Waals surface area (Å²) in [6, 6.07) is 0.197. The average molecular weight is 206 g/mol. The van der Waals surface area contributed by atoms with E-state index in [1.54, 1.807) is 0 Å². The summed E-state index contributed by atoms with van der Waals surface area (Å²) < 4.78 is 37.0. The molecule has 6 heteroatoms. The van der Waals surface area contributed by atoms with E-state index in [0.717, 1.165) is 12.1 Å². The van der Waals surface area contributed by atoms with E-state index in [2.05, 4.69) is 0 Å². The number of hydrogen-bond acceptors (Lipinski definition) is 3. The van der Waals surface area contributed by atoms with Crippen molar-refractivity contribution < 1.29 is 18.3 Å². The van der Waals surface area contributed by atoms with Gasteiger partial charge in [-0.15, -0.1) is 0 Å². The van der Waals surface area contributed by atoms with Gasteiger partial charge in [-0.1, -0.05) is 6.07 Å². The van der Waals surface area contributed by atoms with Crippen molar-refractivity contribution in [3.8, 4) is 5.75 Å². The average Bonchev–Trinajstić information content (AvgIpc) is 2.13. The van der Waals surface area contributed by atoms with Gasteiger partial charge in [0.1, 0.15) is 17.3 Å². The van der Waals surface area contributed by atoms with Crippen molar-refractivity contribution in [3.63, 3.8) is 0 Å². The van der Waals surface area contributed by atoms with Crippen LogP contribution < -0.4 is 11.5 Å². The number of nitrogen functional groups attached to an aromatic ring is 1. The lowest BCUT2D eigenvalue weighted by molar-refractivity contribution is 0.115. The van der Waals surface area contributed by atoms with E-state index in [0.29, 0.717) is 0 Å². The van der Waals surface area contributed by atoms with E-state index in [1.165, 1.54) is 0 Å². The topological polar surface area (TPSA) is 72.3 Å². The maximum absolute atomic E-state index is 12.7. The van der Waals surface area contributed by atoms with Crippen LogP contribution >= 0.6 is 0 Å². The molecule has 0 aliphatic rings. The molecule has 0 saturated carbocycles. The molecule has 14 heavy (non-hydrogen) atoms. The van der Waals surface area contributed by atoms with Crippen molar-refractivity contribution in [2.75, 3.05) is 5.73 Å². The van der Waals surface area contributed by atoms with Crippen LogP contribution in [0.3, 0.4) is 0 Å². The van der Waals surface area contributed by atoms with Gasteiger partial charge in [0, 0.05) is 5.56 Å². The van der Waals surface area contributed by atoms with Gasteiger partial charge in [-0.3, -0.25) is 0 Å². The number of alkyl halides is 2. The minimum absolute atomic E-state index is 0.265. The second kappa shape index (κ2) is 3.75. The van der Waals surface area contributed by atoms with Gasteiger partial charge < -0.3 is 16.6 Å². The van der Waals surface area contributed by atoms with Crippen LogP contribution in [-0.4, -0.2) is 11.5 Å². The van der Waals surface area contributed by atoms with E-state index in [4.69, 9.17) is 11.5 Å². The molecule has 0 bridgehead atoms. The lowest BCUT2D eigenvalue weighted by Gasteiger charge is -2.13. The Balaban J connectivity index is 3.17. The van der Waals surface area contributed by atoms with Gasteiger partial charge in [-0.05, 0) is 6.07 Å². The summed E-state index contributed by atoms with van der Waals surface area (Å²) in [6.45, 7) is 0. The summed E-state index contributed by atoms with van der Waals surface area (Å²) >= 11 is 0. The van der Waals surface area contributed by atoms with Gasteiger partial charge in [0.05, 0.1) is 6.04 Å². The third-order valence-corrected chi connectivity index (χ3v) is 1.83. The minimum Gasteiger partial charge on any atom is -0.505 e.